The first kappa shape index (κ1) is 16.6. The van der Waals surface area contributed by atoms with Crippen LogP contribution in [0.4, 0.5) is 10.1 Å². The van der Waals surface area contributed by atoms with E-state index in [9.17, 15) is 4.39 Å². The highest BCUT2D eigenvalue weighted by atomic mass is 79.9. The van der Waals surface area contributed by atoms with Gasteiger partial charge in [0.1, 0.15) is 11.6 Å². The maximum atomic E-state index is 13.0. The zero-order valence-electron chi connectivity index (χ0n) is 11.2. The molecule has 0 aromatic heterocycles. The van der Waals surface area contributed by atoms with Crippen LogP contribution in [-0.4, -0.2) is 6.61 Å². The molecule has 0 atom stereocenters. The lowest BCUT2D eigenvalue weighted by atomic mass is 10.2. The normalized spacial score (nSPS) is 10.5. The van der Waals surface area contributed by atoms with E-state index in [1.807, 2.05) is 19.1 Å². The molecule has 0 heterocycles. The highest BCUT2D eigenvalue weighted by molar-refractivity contribution is 9.11. The minimum Gasteiger partial charge on any atom is -0.492 e. The van der Waals surface area contributed by atoms with Gasteiger partial charge in [-0.1, -0.05) is 27.5 Å². The van der Waals surface area contributed by atoms with Crippen molar-refractivity contribution in [3.8, 4) is 5.75 Å². The van der Waals surface area contributed by atoms with Gasteiger partial charge in [0, 0.05) is 16.6 Å². The zero-order valence-corrected chi connectivity index (χ0v) is 15.1. The molecule has 2 aromatic rings. The standard InChI is InChI=1S/C15H13Br2ClFNO/c1-2-21-15-9(5-10(16)6-12(15)17)8-20-14-4-3-11(19)7-13(14)18/h3-7,20H,2,8H2,1H3. The molecule has 0 fully saturated rings. The third kappa shape index (κ3) is 4.34. The lowest BCUT2D eigenvalue weighted by Gasteiger charge is -2.15. The fourth-order valence-electron chi connectivity index (χ4n) is 1.87. The largest absolute Gasteiger partial charge is 0.492 e. The van der Waals surface area contributed by atoms with E-state index >= 15 is 0 Å². The number of benzene rings is 2. The number of rotatable bonds is 5. The van der Waals surface area contributed by atoms with Gasteiger partial charge >= 0.3 is 0 Å². The summed E-state index contributed by atoms with van der Waals surface area (Å²) in [4.78, 5) is 0. The number of halogens is 4. The predicted molar refractivity (Wildman–Crippen MR) is 91.7 cm³/mol. The summed E-state index contributed by atoms with van der Waals surface area (Å²) >= 11 is 13.0. The van der Waals surface area contributed by atoms with Gasteiger partial charge in [0.25, 0.3) is 0 Å². The maximum absolute atomic E-state index is 13.0. The quantitative estimate of drug-likeness (QED) is 0.618. The number of hydrogen-bond acceptors (Lipinski definition) is 2. The molecule has 0 aliphatic heterocycles. The van der Waals surface area contributed by atoms with Gasteiger partial charge in [-0.3, -0.25) is 0 Å². The van der Waals surface area contributed by atoms with Gasteiger partial charge in [0.15, 0.2) is 0 Å². The molecule has 2 aromatic carbocycles. The van der Waals surface area contributed by atoms with Gasteiger partial charge in [-0.15, -0.1) is 0 Å². The maximum Gasteiger partial charge on any atom is 0.138 e. The van der Waals surface area contributed by atoms with Gasteiger partial charge in [0.2, 0.25) is 0 Å². The van der Waals surface area contributed by atoms with Crippen LogP contribution in [0.1, 0.15) is 12.5 Å². The lowest BCUT2D eigenvalue weighted by molar-refractivity contribution is 0.334. The van der Waals surface area contributed by atoms with Crippen molar-refractivity contribution >= 4 is 49.1 Å². The molecule has 0 aliphatic carbocycles. The summed E-state index contributed by atoms with van der Waals surface area (Å²) in [5.41, 5.74) is 1.65. The molecular weight excluding hydrogens is 424 g/mol. The number of hydrogen-bond donors (Lipinski definition) is 1. The number of anilines is 1. The second kappa shape index (κ2) is 7.47. The number of nitrogens with one attached hydrogen (secondary N) is 1. The molecule has 0 amide bonds. The van der Waals surface area contributed by atoms with Crippen molar-refractivity contribution in [1.29, 1.82) is 0 Å². The topological polar surface area (TPSA) is 21.3 Å². The molecule has 0 saturated heterocycles. The Hall–Kier alpha value is -0.780. The van der Waals surface area contributed by atoms with Crippen LogP contribution in [0.3, 0.4) is 0 Å². The van der Waals surface area contributed by atoms with E-state index in [0.29, 0.717) is 23.9 Å². The monoisotopic (exact) mass is 435 g/mol. The van der Waals surface area contributed by atoms with Gasteiger partial charge in [-0.25, -0.2) is 4.39 Å². The van der Waals surface area contributed by atoms with Crippen LogP contribution in [0.2, 0.25) is 5.02 Å². The molecule has 0 spiro atoms. The van der Waals surface area contributed by atoms with Crippen LogP contribution in [0, 0.1) is 5.82 Å². The second-order valence-corrected chi connectivity index (χ2v) is 6.46. The van der Waals surface area contributed by atoms with Crippen molar-refractivity contribution in [1.82, 2.24) is 0 Å². The fraction of sp³-hybridized carbons (Fsp3) is 0.200. The van der Waals surface area contributed by atoms with Crippen molar-refractivity contribution in [3.63, 3.8) is 0 Å². The molecule has 6 heteroatoms. The third-order valence-electron chi connectivity index (χ3n) is 2.77. The summed E-state index contributed by atoms with van der Waals surface area (Å²) in [6.45, 7) is 3.02. The van der Waals surface area contributed by atoms with Crippen LogP contribution in [0.15, 0.2) is 39.3 Å². The van der Waals surface area contributed by atoms with Gasteiger partial charge in [-0.05, 0) is 53.2 Å². The molecule has 0 saturated carbocycles. The second-order valence-electron chi connectivity index (χ2n) is 4.29. The van der Waals surface area contributed by atoms with E-state index in [2.05, 4.69) is 37.2 Å². The Bertz CT molecular complexity index is 652. The predicted octanol–water partition coefficient (Wildman–Crippen LogP) is 6.01. The fourth-order valence-corrected chi connectivity index (χ4v) is 3.54. The van der Waals surface area contributed by atoms with E-state index in [4.69, 9.17) is 16.3 Å². The van der Waals surface area contributed by atoms with E-state index in [1.165, 1.54) is 12.1 Å². The van der Waals surface area contributed by atoms with Crippen LogP contribution in [0.25, 0.3) is 0 Å². The number of ether oxygens (including phenoxy) is 1. The van der Waals surface area contributed by atoms with Gasteiger partial charge in [-0.2, -0.15) is 0 Å². The molecule has 2 rings (SSSR count). The Labute approximate surface area is 144 Å². The minimum atomic E-state index is -0.356. The summed E-state index contributed by atoms with van der Waals surface area (Å²) in [5.74, 6) is 0.428. The lowest BCUT2D eigenvalue weighted by Crippen LogP contribution is -2.04. The van der Waals surface area contributed by atoms with Crippen molar-refractivity contribution in [2.75, 3.05) is 11.9 Å². The molecule has 0 aliphatic rings. The highest BCUT2D eigenvalue weighted by Gasteiger charge is 2.11. The highest BCUT2D eigenvalue weighted by Crippen LogP contribution is 2.34. The van der Waals surface area contributed by atoms with Crippen LogP contribution in [0.5, 0.6) is 5.75 Å². The Morgan fingerprint density at radius 2 is 2.00 bits per heavy atom. The van der Waals surface area contributed by atoms with Crippen molar-refractivity contribution in [3.05, 3.63) is 55.7 Å². The molecule has 0 radical (unpaired) electrons. The summed E-state index contributed by atoms with van der Waals surface area (Å²) < 4.78 is 20.5. The Morgan fingerprint density at radius 1 is 1.24 bits per heavy atom. The molecule has 0 unspecified atom stereocenters. The zero-order chi connectivity index (χ0) is 15.4. The average molecular weight is 438 g/mol. The van der Waals surface area contributed by atoms with Crippen LogP contribution < -0.4 is 10.1 Å². The van der Waals surface area contributed by atoms with E-state index in [1.54, 1.807) is 6.07 Å². The molecule has 1 N–H and O–H groups in total. The van der Waals surface area contributed by atoms with Crippen LogP contribution in [-0.2, 0) is 6.54 Å². The Morgan fingerprint density at radius 3 is 2.67 bits per heavy atom. The van der Waals surface area contributed by atoms with Gasteiger partial charge in [0.05, 0.1) is 21.8 Å². The molecular formula is C15H13Br2ClFNO. The summed E-state index contributed by atoms with van der Waals surface area (Å²) in [6, 6.07) is 8.17. The van der Waals surface area contributed by atoms with Crippen molar-refractivity contribution in [2.45, 2.75) is 13.5 Å². The van der Waals surface area contributed by atoms with Crippen molar-refractivity contribution in [2.24, 2.45) is 0 Å². The van der Waals surface area contributed by atoms with E-state index in [-0.39, 0.29) is 5.82 Å². The third-order valence-corrected chi connectivity index (χ3v) is 4.13. The average Bonchev–Trinajstić information content (AvgIpc) is 2.41. The smallest absolute Gasteiger partial charge is 0.138 e. The first-order valence-corrected chi connectivity index (χ1v) is 8.27. The Kier molecular flexibility index (Phi) is 5.90. The van der Waals surface area contributed by atoms with Gasteiger partial charge < -0.3 is 10.1 Å². The van der Waals surface area contributed by atoms with E-state index in [0.717, 1.165) is 20.3 Å². The van der Waals surface area contributed by atoms with Crippen LogP contribution >= 0.6 is 43.5 Å². The molecule has 21 heavy (non-hydrogen) atoms. The molecule has 112 valence electrons. The molecule has 2 nitrogen and oxygen atoms in total. The van der Waals surface area contributed by atoms with E-state index < -0.39 is 0 Å². The first-order valence-electron chi connectivity index (χ1n) is 6.31. The molecule has 0 bridgehead atoms. The minimum absolute atomic E-state index is 0.349. The first-order chi connectivity index (χ1) is 10.0. The summed E-state index contributed by atoms with van der Waals surface area (Å²) in [6.07, 6.45) is 0. The Balaban J connectivity index is 2.22. The summed E-state index contributed by atoms with van der Waals surface area (Å²) in [7, 11) is 0. The van der Waals surface area contributed by atoms with Crippen molar-refractivity contribution < 1.29 is 9.13 Å². The summed E-state index contributed by atoms with van der Waals surface area (Å²) in [5, 5.41) is 3.54. The SMILES string of the molecule is CCOc1c(Br)cc(Br)cc1CNc1ccc(F)cc1Cl.